The van der Waals surface area contributed by atoms with Gasteiger partial charge in [-0.2, -0.15) is 0 Å². The number of nitrogens with zero attached hydrogens (tertiary/aromatic N) is 3. The van der Waals surface area contributed by atoms with E-state index in [4.69, 9.17) is 21.1 Å². The third-order valence-electron chi connectivity index (χ3n) is 6.25. The summed E-state index contributed by atoms with van der Waals surface area (Å²) in [6.07, 6.45) is 5.30. The number of hydrogen-bond donors (Lipinski definition) is 2. The van der Waals surface area contributed by atoms with Crippen LogP contribution in [0.2, 0.25) is 5.02 Å². The summed E-state index contributed by atoms with van der Waals surface area (Å²) >= 11 is 6.58. The lowest BCUT2D eigenvalue weighted by atomic mass is 10.0. The van der Waals surface area contributed by atoms with Gasteiger partial charge in [-0.25, -0.2) is 14.4 Å². The van der Waals surface area contributed by atoms with Crippen molar-refractivity contribution in [3.8, 4) is 5.75 Å². The Morgan fingerprint density at radius 3 is 2.83 bits per heavy atom. The van der Waals surface area contributed by atoms with Crippen molar-refractivity contribution >= 4 is 51.7 Å². The number of benzene rings is 2. The highest BCUT2D eigenvalue weighted by Gasteiger charge is 2.29. The zero-order valence-corrected chi connectivity index (χ0v) is 19.5. The molecule has 8 nitrogen and oxygen atoms in total. The van der Waals surface area contributed by atoms with E-state index in [-0.39, 0.29) is 30.7 Å². The zero-order valence-electron chi connectivity index (χ0n) is 18.8. The molecule has 1 saturated heterocycles. The van der Waals surface area contributed by atoms with Crippen molar-refractivity contribution < 1.29 is 23.8 Å². The number of Topliss-reactive ketones (excluding diaryl/α,β-unsaturated/α-hetero) is 1. The summed E-state index contributed by atoms with van der Waals surface area (Å²) in [5.74, 6) is 0.188. The normalized spacial score (nSPS) is 20.7. The molecule has 35 heavy (non-hydrogen) atoms. The van der Waals surface area contributed by atoms with Crippen LogP contribution in [0.15, 0.2) is 41.7 Å². The molecule has 1 aromatic heterocycles. The van der Waals surface area contributed by atoms with Gasteiger partial charge >= 0.3 is 0 Å². The van der Waals surface area contributed by atoms with Gasteiger partial charge in [-0.15, -0.1) is 0 Å². The van der Waals surface area contributed by atoms with Crippen LogP contribution < -0.4 is 10.1 Å². The van der Waals surface area contributed by atoms with E-state index in [0.717, 1.165) is 25.7 Å². The molecule has 1 aliphatic carbocycles. The van der Waals surface area contributed by atoms with Crippen LogP contribution in [0.4, 0.5) is 21.6 Å². The monoisotopic (exact) mass is 498 g/mol. The Kier molecular flexibility index (Phi) is 6.90. The first kappa shape index (κ1) is 23.6. The fourth-order valence-electron chi connectivity index (χ4n) is 4.37. The number of ether oxygens (including phenoxy) is 2. The summed E-state index contributed by atoms with van der Waals surface area (Å²) < 4.78 is 25.0. The molecule has 1 aliphatic heterocycles. The van der Waals surface area contributed by atoms with Gasteiger partial charge in [0.1, 0.15) is 29.8 Å². The van der Waals surface area contributed by atoms with E-state index in [2.05, 4.69) is 20.3 Å². The molecule has 10 heteroatoms. The molecule has 3 aromatic rings. The van der Waals surface area contributed by atoms with Crippen LogP contribution in [0, 0.1) is 11.7 Å². The Balaban J connectivity index is 1.42. The van der Waals surface area contributed by atoms with Crippen LogP contribution in [-0.2, 0) is 9.53 Å². The predicted octanol–water partition coefficient (Wildman–Crippen LogP) is 4.77. The van der Waals surface area contributed by atoms with Crippen LogP contribution in [0.5, 0.6) is 5.75 Å². The van der Waals surface area contributed by atoms with Crippen molar-refractivity contribution in [3.05, 3.63) is 47.5 Å². The molecule has 0 bridgehead atoms. The van der Waals surface area contributed by atoms with E-state index >= 15 is 0 Å². The van der Waals surface area contributed by atoms with Gasteiger partial charge in [0, 0.05) is 12.0 Å². The number of hydrogen-bond acceptors (Lipinski definition) is 8. The molecule has 2 heterocycles. The van der Waals surface area contributed by atoms with Crippen molar-refractivity contribution in [3.63, 3.8) is 0 Å². The molecule has 1 saturated carbocycles. The first-order valence-electron chi connectivity index (χ1n) is 11.5. The minimum atomic E-state index is -0.806. The van der Waals surface area contributed by atoms with E-state index in [1.54, 1.807) is 12.1 Å². The SMILES string of the molecule is O=C(C=Nc1cc(Cl)c2c(Nc3ccc(F)cc3O[C@H]3COC[C@H]3O)ncnc2c1)C1CCCC1. The highest BCUT2D eigenvalue weighted by molar-refractivity contribution is 6.37. The summed E-state index contributed by atoms with van der Waals surface area (Å²) in [6, 6.07) is 7.40. The molecule has 0 unspecified atom stereocenters. The topological polar surface area (TPSA) is 106 Å². The standard InChI is InChI=1S/C25H24ClFN4O4/c26-17-8-16(28-10-20(32)14-3-1-2-4-14)9-19-24(17)25(30-13-29-19)31-18-6-5-15(27)7-22(18)35-23-12-34-11-21(23)33/h5-10,13-14,21,23,33H,1-4,11-12H2,(H,29,30,31)/t21-,23+/m1/s1. The van der Waals surface area contributed by atoms with Crippen molar-refractivity contribution in [2.45, 2.75) is 37.9 Å². The number of aliphatic hydroxyl groups excluding tert-OH is 1. The average Bonchev–Trinajstić information content (AvgIpc) is 3.52. The minimum absolute atomic E-state index is 0.0328. The van der Waals surface area contributed by atoms with Crippen molar-refractivity contribution in [1.29, 1.82) is 0 Å². The number of aliphatic imine (C=N–C) groups is 1. The molecular formula is C25H24ClFN4O4. The van der Waals surface area contributed by atoms with Gasteiger partial charge in [0.05, 0.1) is 46.7 Å². The number of nitrogens with one attached hydrogen (secondary N) is 1. The molecule has 0 radical (unpaired) electrons. The van der Waals surface area contributed by atoms with Crippen LogP contribution >= 0.6 is 11.6 Å². The second kappa shape index (κ2) is 10.2. The number of ketones is 1. The summed E-state index contributed by atoms with van der Waals surface area (Å²) in [7, 11) is 0. The number of aromatic nitrogens is 2. The summed E-state index contributed by atoms with van der Waals surface area (Å²) in [5.41, 5.74) is 1.48. The van der Waals surface area contributed by atoms with Crippen molar-refractivity contribution in [1.82, 2.24) is 9.97 Å². The quantitative estimate of drug-likeness (QED) is 0.452. The molecule has 0 amide bonds. The van der Waals surface area contributed by atoms with Crippen molar-refractivity contribution in [2.75, 3.05) is 18.5 Å². The van der Waals surface area contributed by atoms with Crippen LogP contribution in [-0.4, -0.2) is 52.5 Å². The van der Waals surface area contributed by atoms with E-state index in [1.807, 2.05) is 0 Å². The molecule has 2 N–H and O–H groups in total. The second-order valence-electron chi connectivity index (χ2n) is 8.71. The first-order chi connectivity index (χ1) is 17.0. The predicted molar refractivity (Wildman–Crippen MR) is 131 cm³/mol. The Labute approximate surface area is 206 Å². The van der Waals surface area contributed by atoms with Gasteiger partial charge in [-0.1, -0.05) is 24.4 Å². The number of halogens is 2. The van der Waals surface area contributed by atoms with E-state index < -0.39 is 18.0 Å². The number of carbonyl (C=O) groups excluding carboxylic acids is 1. The molecule has 0 spiro atoms. The van der Waals surface area contributed by atoms with E-state index in [1.165, 1.54) is 30.7 Å². The molecule has 5 rings (SSSR count). The number of fused-ring (bicyclic) bond motifs is 1. The number of rotatable bonds is 7. The van der Waals surface area contributed by atoms with Crippen LogP contribution in [0.3, 0.4) is 0 Å². The number of anilines is 2. The van der Waals surface area contributed by atoms with Crippen LogP contribution in [0.25, 0.3) is 10.9 Å². The van der Waals surface area contributed by atoms with Gasteiger partial charge in [-0.3, -0.25) is 9.79 Å². The highest BCUT2D eigenvalue weighted by atomic mass is 35.5. The number of aliphatic hydroxyl groups is 1. The van der Waals surface area contributed by atoms with Gasteiger partial charge in [0.25, 0.3) is 0 Å². The lowest BCUT2D eigenvalue weighted by Crippen LogP contribution is -2.30. The fourth-order valence-corrected chi connectivity index (χ4v) is 4.67. The molecule has 2 aromatic carbocycles. The highest BCUT2D eigenvalue weighted by Crippen LogP contribution is 2.36. The lowest BCUT2D eigenvalue weighted by Gasteiger charge is -2.19. The Morgan fingerprint density at radius 1 is 1.23 bits per heavy atom. The maximum atomic E-state index is 14.0. The summed E-state index contributed by atoms with van der Waals surface area (Å²) in [6.45, 7) is 0.359. The van der Waals surface area contributed by atoms with Crippen LogP contribution in [0.1, 0.15) is 25.7 Å². The smallest absolute Gasteiger partial charge is 0.176 e. The minimum Gasteiger partial charge on any atom is -0.483 e. The van der Waals surface area contributed by atoms with E-state index in [9.17, 15) is 14.3 Å². The Hall–Kier alpha value is -3.14. The van der Waals surface area contributed by atoms with Gasteiger partial charge < -0.3 is 19.9 Å². The number of carbonyl (C=O) groups is 1. The maximum absolute atomic E-state index is 14.0. The fraction of sp³-hybridized carbons (Fsp3) is 0.360. The zero-order chi connectivity index (χ0) is 24.4. The van der Waals surface area contributed by atoms with Gasteiger partial charge in [-0.05, 0) is 37.1 Å². The van der Waals surface area contributed by atoms with Gasteiger partial charge in [0.15, 0.2) is 11.9 Å². The average molecular weight is 499 g/mol. The Morgan fingerprint density at radius 2 is 2.06 bits per heavy atom. The summed E-state index contributed by atoms with van der Waals surface area (Å²) in [5, 5.41) is 14.0. The van der Waals surface area contributed by atoms with E-state index in [0.29, 0.717) is 33.1 Å². The van der Waals surface area contributed by atoms with Crippen molar-refractivity contribution in [2.24, 2.45) is 10.9 Å². The second-order valence-corrected chi connectivity index (χ2v) is 9.12. The third kappa shape index (κ3) is 5.27. The largest absolute Gasteiger partial charge is 0.483 e. The molecule has 2 aliphatic rings. The maximum Gasteiger partial charge on any atom is 0.176 e. The molecule has 2 atom stereocenters. The third-order valence-corrected chi connectivity index (χ3v) is 6.55. The lowest BCUT2D eigenvalue weighted by molar-refractivity contribution is -0.115. The summed E-state index contributed by atoms with van der Waals surface area (Å²) in [4.78, 5) is 25.3. The molecule has 182 valence electrons. The first-order valence-corrected chi connectivity index (χ1v) is 11.9. The van der Waals surface area contributed by atoms with Gasteiger partial charge in [0.2, 0.25) is 0 Å². The Bertz CT molecular complexity index is 1280. The molecular weight excluding hydrogens is 475 g/mol. The molecule has 2 fully saturated rings.